The molecule has 1 aliphatic rings. The van der Waals surface area contributed by atoms with Crippen molar-refractivity contribution in [2.75, 3.05) is 11.4 Å². The van der Waals surface area contributed by atoms with Crippen LogP contribution in [0.2, 0.25) is 0 Å². The molecule has 0 aromatic heterocycles. The normalized spacial score (nSPS) is 13.1. The average Bonchev–Trinajstić information content (AvgIpc) is 2.70. The fourth-order valence-corrected chi connectivity index (χ4v) is 1.80. The number of carbonyl (C=O) groups excluding carboxylic acids is 1. The minimum absolute atomic E-state index is 0.162. The number of carboxylic acid groups (broad SMARTS) is 1. The van der Waals surface area contributed by atoms with Crippen molar-refractivity contribution in [3.63, 3.8) is 0 Å². The summed E-state index contributed by atoms with van der Waals surface area (Å²) in [6.07, 6.45) is 5.76. The molecule has 0 aliphatic carbocycles. The highest BCUT2D eigenvalue weighted by Gasteiger charge is 2.24. The van der Waals surface area contributed by atoms with Crippen LogP contribution in [0.4, 0.5) is 5.69 Å². The number of carbonyl (C=O) groups is 2. The molecule has 0 radical (unpaired) electrons. The number of fused-ring (bicyclic) bond motifs is 1. The van der Waals surface area contributed by atoms with Crippen LogP contribution < -0.4 is 4.90 Å². The van der Waals surface area contributed by atoms with Gasteiger partial charge in [-0.05, 0) is 30.0 Å². The smallest absolute Gasteiger partial charge is 0.335 e. The van der Waals surface area contributed by atoms with Crippen molar-refractivity contribution in [1.82, 2.24) is 0 Å². The highest BCUT2D eigenvalue weighted by Crippen LogP contribution is 2.28. The Morgan fingerprint density at radius 1 is 1.44 bits per heavy atom. The van der Waals surface area contributed by atoms with E-state index in [1.807, 2.05) is 5.92 Å². The van der Waals surface area contributed by atoms with Crippen molar-refractivity contribution in [2.45, 2.75) is 6.42 Å². The molecular formula is C12H9NO3. The Hall–Kier alpha value is -2.28. The number of terminal acetylenes is 1. The van der Waals surface area contributed by atoms with Gasteiger partial charge >= 0.3 is 11.9 Å². The van der Waals surface area contributed by atoms with Crippen LogP contribution in [0.25, 0.3) is 0 Å². The molecular weight excluding hydrogens is 206 g/mol. The van der Waals surface area contributed by atoms with Crippen LogP contribution in [0.1, 0.15) is 15.9 Å². The van der Waals surface area contributed by atoms with Gasteiger partial charge in [0.25, 0.3) is 0 Å². The Bertz CT molecular complexity index is 513. The first kappa shape index (κ1) is 10.2. The Morgan fingerprint density at radius 2 is 2.19 bits per heavy atom. The van der Waals surface area contributed by atoms with E-state index in [1.54, 1.807) is 6.07 Å². The maximum absolute atomic E-state index is 11.4. The molecule has 1 aromatic rings. The summed E-state index contributed by atoms with van der Waals surface area (Å²) in [4.78, 5) is 23.6. The van der Waals surface area contributed by atoms with Gasteiger partial charge in [-0.3, -0.25) is 4.79 Å². The van der Waals surface area contributed by atoms with Gasteiger partial charge in [0.15, 0.2) is 0 Å². The molecule has 4 nitrogen and oxygen atoms in total. The fourth-order valence-electron chi connectivity index (χ4n) is 1.80. The molecule has 0 saturated carbocycles. The van der Waals surface area contributed by atoms with Crippen molar-refractivity contribution in [3.8, 4) is 12.3 Å². The SMILES string of the molecule is C#CC(=O)N1CCc2ccc(C(=O)O)cc21. The molecule has 0 atom stereocenters. The van der Waals surface area contributed by atoms with Gasteiger partial charge in [-0.25, -0.2) is 4.79 Å². The molecule has 1 amide bonds. The van der Waals surface area contributed by atoms with Crippen molar-refractivity contribution < 1.29 is 14.7 Å². The van der Waals surface area contributed by atoms with Gasteiger partial charge in [-0.2, -0.15) is 0 Å². The van der Waals surface area contributed by atoms with E-state index in [4.69, 9.17) is 11.5 Å². The predicted molar refractivity (Wildman–Crippen MR) is 58.3 cm³/mol. The van der Waals surface area contributed by atoms with E-state index in [2.05, 4.69) is 0 Å². The monoisotopic (exact) mass is 215 g/mol. The number of hydrogen-bond donors (Lipinski definition) is 1. The third-order valence-electron chi connectivity index (χ3n) is 2.60. The largest absolute Gasteiger partial charge is 0.478 e. The topological polar surface area (TPSA) is 57.6 Å². The molecule has 2 rings (SSSR count). The van der Waals surface area contributed by atoms with E-state index in [-0.39, 0.29) is 5.56 Å². The Morgan fingerprint density at radius 3 is 2.81 bits per heavy atom. The maximum Gasteiger partial charge on any atom is 0.335 e. The number of anilines is 1. The van der Waals surface area contributed by atoms with E-state index in [0.29, 0.717) is 18.7 Å². The summed E-state index contributed by atoms with van der Waals surface area (Å²) in [5, 5.41) is 8.85. The zero-order valence-electron chi connectivity index (χ0n) is 8.43. The van der Waals surface area contributed by atoms with Crippen molar-refractivity contribution in [1.29, 1.82) is 0 Å². The number of aromatic carboxylic acids is 1. The molecule has 0 spiro atoms. The standard InChI is InChI=1S/C12H9NO3/c1-2-11(14)13-6-5-8-3-4-9(12(15)16)7-10(8)13/h1,3-4,7H,5-6H2,(H,15,16). The van der Waals surface area contributed by atoms with Gasteiger partial charge in [0, 0.05) is 12.2 Å². The molecule has 80 valence electrons. The van der Waals surface area contributed by atoms with Gasteiger partial charge in [0.1, 0.15) is 0 Å². The van der Waals surface area contributed by atoms with E-state index in [0.717, 1.165) is 5.56 Å². The number of carboxylic acids is 1. The van der Waals surface area contributed by atoms with Gasteiger partial charge in [-0.15, -0.1) is 6.42 Å². The lowest BCUT2D eigenvalue weighted by Gasteiger charge is -2.13. The van der Waals surface area contributed by atoms with Gasteiger partial charge in [-0.1, -0.05) is 6.07 Å². The van der Waals surface area contributed by atoms with E-state index in [9.17, 15) is 9.59 Å². The quantitative estimate of drug-likeness (QED) is 0.708. The second-order valence-electron chi connectivity index (χ2n) is 3.50. The van der Waals surface area contributed by atoms with Crippen molar-refractivity contribution in [2.24, 2.45) is 0 Å². The first-order valence-electron chi connectivity index (χ1n) is 4.78. The van der Waals surface area contributed by atoms with Gasteiger partial charge < -0.3 is 10.0 Å². The number of rotatable bonds is 1. The fraction of sp³-hybridized carbons (Fsp3) is 0.167. The molecule has 1 heterocycles. The number of hydrogen-bond acceptors (Lipinski definition) is 2. The Labute approximate surface area is 92.5 Å². The summed E-state index contributed by atoms with van der Waals surface area (Å²) < 4.78 is 0. The van der Waals surface area contributed by atoms with Crippen LogP contribution in [-0.4, -0.2) is 23.5 Å². The molecule has 1 N–H and O–H groups in total. The number of amides is 1. The van der Waals surface area contributed by atoms with Crippen LogP contribution in [0.3, 0.4) is 0 Å². The third kappa shape index (κ3) is 1.52. The van der Waals surface area contributed by atoms with Crippen LogP contribution in [-0.2, 0) is 11.2 Å². The lowest BCUT2D eigenvalue weighted by molar-refractivity contribution is -0.113. The number of benzene rings is 1. The molecule has 0 bridgehead atoms. The molecule has 0 unspecified atom stereocenters. The molecule has 4 heteroatoms. The van der Waals surface area contributed by atoms with Crippen LogP contribution in [0.5, 0.6) is 0 Å². The zero-order valence-corrected chi connectivity index (χ0v) is 8.43. The van der Waals surface area contributed by atoms with Crippen LogP contribution >= 0.6 is 0 Å². The van der Waals surface area contributed by atoms with E-state index < -0.39 is 11.9 Å². The minimum atomic E-state index is -1.01. The molecule has 1 aromatic carbocycles. The summed E-state index contributed by atoms with van der Waals surface area (Å²) in [5.74, 6) is 0.595. The summed E-state index contributed by atoms with van der Waals surface area (Å²) in [6.45, 7) is 0.515. The van der Waals surface area contributed by atoms with Gasteiger partial charge in [0.2, 0.25) is 0 Å². The minimum Gasteiger partial charge on any atom is -0.478 e. The second kappa shape index (κ2) is 3.70. The van der Waals surface area contributed by atoms with Crippen molar-refractivity contribution >= 4 is 17.6 Å². The maximum atomic E-state index is 11.4. The molecule has 16 heavy (non-hydrogen) atoms. The van der Waals surface area contributed by atoms with Gasteiger partial charge in [0.05, 0.1) is 5.56 Å². The Kier molecular flexibility index (Phi) is 2.37. The predicted octanol–water partition coefficient (Wildman–Crippen LogP) is 0.907. The number of nitrogens with zero attached hydrogens (tertiary/aromatic N) is 1. The zero-order chi connectivity index (χ0) is 11.7. The summed E-state index contributed by atoms with van der Waals surface area (Å²) in [6, 6.07) is 4.74. The van der Waals surface area contributed by atoms with E-state index in [1.165, 1.54) is 17.0 Å². The molecule has 1 aliphatic heterocycles. The summed E-state index contributed by atoms with van der Waals surface area (Å²) in [7, 11) is 0. The first-order valence-corrected chi connectivity index (χ1v) is 4.78. The summed E-state index contributed by atoms with van der Waals surface area (Å²) in [5.41, 5.74) is 1.73. The highest BCUT2D eigenvalue weighted by atomic mass is 16.4. The lowest BCUT2D eigenvalue weighted by atomic mass is 10.1. The average molecular weight is 215 g/mol. The van der Waals surface area contributed by atoms with Crippen LogP contribution in [0.15, 0.2) is 18.2 Å². The third-order valence-corrected chi connectivity index (χ3v) is 2.60. The summed E-state index contributed by atoms with van der Waals surface area (Å²) >= 11 is 0. The highest BCUT2D eigenvalue weighted by molar-refractivity contribution is 6.07. The molecule has 0 saturated heterocycles. The second-order valence-corrected chi connectivity index (χ2v) is 3.50. The molecule has 0 fully saturated rings. The van der Waals surface area contributed by atoms with Crippen LogP contribution in [0, 0.1) is 12.3 Å². The van der Waals surface area contributed by atoms with Crippen molar-refractivity contribution in [3.05, 3.63) is 29.3 Å². The Balaban J connectivity index is 2.45. The van der Waals surface area contributed by atoms with E-state index >= 15 is 0 Å². The first-order chi connectivity index (χ1) is 7.63. The lowest BCUT2D eigenvalue weighted by Crippen LogP contribution is -2.27.